The first-order valence-electron chi connectivity index (χ1n) is 6.58. The van der Waals surface area contributed by atoms with E-state index in [1.54, 1.807) is 0 Å². The lowest BCUT2D eigenvalue weighted by Crippen LogP contribution is -2.12. The van der Waals surface area contributed by atoms with Gasteiger partial charge in [0.15, 0.2) is 17.4 Å². The Hall–Kier alpha value is -2.43. The number of benzene rings is 2. The second kappa shape index (κ2) is 6.83. The molecule has 3 nitrogen and oxygen atoms in total. The summed E-state index contributed by atoms with van der Waals surface area (Å²) >= 11 is 0. The van der Waals surface area contributed by atoms with Crippen molar-refractivity contribution >= 4 is 5.84 Å². The van der Waals surface area contributed by atoms with Crippen molar-refractivity contribution in [3.05, 3.63) is 65.2 Å². The van der Waals surface area contributed by atoms with E-state index in [9.17, 15) is 8.78 Å². The highest BCUT2D eigenvalue weighted by Gasteiger charge is 2.13. The predicted octanol–water partition coefficient (Wildman–Crippen LogP) is 3.26. The Morgan fingerprint density at radius 1 is 1.10 bits per heavy atom. The van der Waals surface area contributed by atoms with Gasteiger partial charge in [0.05, 0.1) is 6.61 Å². The minimum atomic E-state index is -0.847. The summed E-state index contributed by atoms with van der Waals surface area (Å²) in [6.07, 6.45) is 1.42. The Bertz CT molecular complexity index is 606. The van der Waals surface area contributed by atoms with Gasteiger partial charge in [-0.3, -0.25) is 5.41 Å². The van der Waals surface area contributed by atoms with Crippen LogP contribution in [0.1, 0.15) is 17.5 Å². The number of nitrogen functional groups attached to an aromatic ring is 1. The third kappa shape index (κ3) is 4.02. The first kappa shape index (κ1) is 15.0. The molecule has 0 spiro atoms. The molecule has 5 heteroatoms. The SMILES string of the molecule is N=C(N)c1cc(F)c(OCCCc2ccccc2)c(F)c1. The molecule has 3 N–H and O–H groups in total. The van der Waals surface area contributed by atoms with Gasteiger partial charge in [-0.25, -0.2) is 8.78 Å². The molecule has 2 aromatic carbocycles. The highest BCUT2D eigenvalue weighted by atomic mass is 19.1. The zero-order chi connectivity index (χ0) is 15.2. The summed E-state index contributed by atoms with van der Waals surface area (Å²) < 4.78 is 32.6. The van der Waals surface area contributed by atoms with Crippen molar-refractivity contribution in [1.82, 2.24) is 0 Å². The number of nitrogens with two attached hydrogens (primary N) is 1. The van der Waals surface area contributed by atoms with Crippen molar-refractivity contribution < 1.29 is 13.5 Å². The van der Waals surface area contributed by atoms with Gasteiger partial charge in [-0.15, -0.1) is 0 Å². The topological polar surface area (TPSA) is 59.1 Å². The first-order valence-corrected chi connectivity index (χ1v) is 6.58. The van der Waals surface area contributed by atoms with Gasteiger partial charge in [0.2, 0.25) is 0 Å². The molecule has 0 aliphatic carbocycles. The maximum Gasteiger partial charge on any atom is 0.190 e. The highest BCUT2D eigenvalue weighted by Crippen LogP contribution is 2.23. The zero-order valence-electron chi connectivity index (χ0n) is 11.4. The van der Waals surface area contributed by atoms with Crippen molar-refractivity contribution in [3.63, 3.8) is 0 Å². The molecule has 0 aliphatic rings. The molecule has 0 fully saturated rings. The van der Waals surface area contributed by atoms with E-state index >= 15 is 0 Å². The normalized spacial score (nSPS) is 10.4. The summed E-state index contributed by atoms with van der Waals surface area (Å²) in [4.78, 5) is 0. The molecule has 2 rings (SSSR count). The smallest absolute Gasteiger partial charge is 0.190 e. The van der Waals surface area contributed by atoms with Gasteiger partial charge in [-0.05, 0) is 30.5 Å². The number of hydrogen-bond acceptors (Lipinski definition) is 2. The van der Waals surface area contributed by atoms with Crippen LogP contribution in [-0.2, 0) is 6.42 Å². The van der Waals surface area contributed by atoms with Crippen LogP contribution < -0.4 is 10.5 Å². The number of hydrogen-bond donors (Lipinski definition) is 2. The maximum atomic E-state index is 13.7. The number of rotatable bonds is 6. The molecule has 21 heavy (non-hydrogen) atoms. The zero-order valence-corrected chi connectivity index (χ0v) is 11.4. The average molecular weight is 290 g/mol. The van der Waals surface area contributed by atoms with E-state index < -0.39 is 17.4 Å². The van der Waals surface area contributed by atoms with Gasteiger partial charge in [0.25, 0.3) is 0 Å². The van der Waals surface area contributed by atoms with E-state index in [0.717, 1.165) is 24.1 Å². The van der Waals surface area contributed by atoms with Gasteiger partial charge in [-0.2, -0.15) is 0 Å². The van der Waals surface area contributed by atoms with Crippen LogP contribution in [0.4, 0.5) is 8.78 Å². The van der Waals surface area contributed by atoms with Crippen LogP contribution in [0.25, 0.3) is 0 Å². The maximum absolute atomic E-state index is 13.7. The van der Waals surface area contributed by atoms with Crippen LogP contribution in [0.15, 0.2) is 42.5 Å². The molecule has 0 unspecified atom stereocenters. The Morgan fingerprint density at radius 2 is 1.71 bits per heavy atom. The Morgan fingerprint density at radius 3 is 2.29 bits per heavy atom. The molecular weight excluding hydrogens is 274 g/mol. The molecule has 0 radical (unpaired) electrons. The number of nitrogens with one attached hydrogen (secondary N) is 1. The quantitative estimate of drug-likeness (QED) is 0.487. The molecular formula is C16H16F2N2O. The summed E-state index contributed by atoms with van der Waals surface area (Å²) in [5, 5.41) is 7.17. The lowest BCUT2D eigenvalue weighted by Gasteiger charge is -2.10. The standard InChI is InChI=1S/C16H16F2N2O/c17-13-9-12(16(19)20)10-14(18)15(13)21-8-4-7-11-5-2-1-3-6-11/h1-3,5-6,9-10H,4,7-8H2,(H3,19,20). The summed E-state index contributed by atoms with van der Waals surface area (Å²) in [6, 6.07) is 11.8. The highest BCUT2D eigenvalue weighted by molar-refractivity contribution is 5.95. The largest absolute Gasteiger partial charge is 0.488 e. The molecule has 0 bridgehead atoms. The van der Waals surface area contributed by atoms with Crippen LogP contribution in [0.5, 0.6) is 5.75 Å². The average Bonchev–Trinajstić information content (AvgIpc) is 2.46. The van der Waals surface area contributed by atoms with Crippen molar-refractivity contribution in [2.24, 2.45) is 5.73 Å². The van der Waals surface area contributed by atoms with E-state index in [1.807, 2.05) is 30.3 Å². The molecule has 0 aliphatic heterocycles. The van der Waals surface area contributed by atoms with E-state index in [-0.39, 0.29) is 18.0 Å². The van der Waals surface area contributed by atoms with Crippen molar-refractivity contribution in [2.75, 3.05) is 6.61 Å². The fourth-order valence-corrected chi connectivity index (χ4v) is 1.95. The second-order valence-electron chi connectivity index (χ2n) is 4.62. The molecule has 0 saturated heterocycles. The number of aryl methyl sites for hydroxylation is 1. The van der Waals surface area contributed by atoms with Crippen LogP contribution in [0.3, 0.4) is 0 Å². The molecule has 0 amide bonds. The monoisotopic (exact) mass is 290 g/mol. The third-order valence-electron chi connectivity index (χ3n) is 3.01. The Balaban J connectivity index is 1.93. The van der Waals surface area contributed by atoms with Gasteiger partial charge in [0.1, 0.15) is 5.84 Å². The van der Waals surface area contributed by atoms with E-state index in [0.29, 0.717) is 6.42 Å². The van der Waals surface area contributed by atoms with Crippen LogP contribution in [0, 0.1) is 17.0 Å². The molecule has 110 valence electrons. The predicted molar refractivity (Wildman–Crippen MR) is 77.6 cm³/mol. The van der Waals surface area contributed by atoms with Crippen LogP contribution >= 0.6 is 0 Å². The second-order valence-corrected chi connectivity index (χ2v) is 4.62. The summed E-state index contributed by atoms with van der Waals surface area (Å²) in [7, 11) is 0. The van der Waals surface area contributed by atoms with Gasteiger partial charge in [0, 0.05) is 5.56 Å². The van der Waals surface area contributed by atoms with Crippen LogP contribution in [0.2, 0.25) is 0 Å². The van der Waals surface area contributed by atoms with Gasteiger partial charge in [-0.1, -0.05) is 30.3 Å². The minimum Gasteiger partial charge on any atom is -0.488 e. The van der Waals surface area contributed by atoms with E-state index in [2.05, 4.69) is 0 Å². The minimum absolute atomic E-state index is 0.00151. The van der Waals surface area contributed by atoms with Crippen molar-refractivity contribution in [3.8, 4) is 5.75 Å². The van der Waals surface area contributed by atoms with Gasteiger partial charge < -0.3 is 10.5 Å². The van der Waals surface area contributed by atoms with E-state index in [4.69, 9.17) is 15.9 Å². The fourth-order valence-electron chi connectivity index (χ4n) is 1.95. The van der Waals surface area contributed by atoms with Crippen molar-refractivity contribution in [1.29, 1.82) is 5.41 Å². The van der Waals surface area contributed by atoms with Gasteiger partial charge >= 0.3 is 0 Å². The number of halogens is 2. The first-order chi connectivity index (χ1) is 10.1. The molecule has 0 aromatic heterocycles. The number of amidine groups is 1. The number of ether oxygens (including phenoxy) is 1. The molecule has 2 aromatic rings. The van der Waals surface area contributed by atoms with E-state index in [1.165, 1.54) is 0 Å². The van der Waals surface area contributed by atoms with Crippen LogP contribution in [-0.4, -0.2) is 12.4 Å². The summed E-state index contributed by atoms with van der Waals surface area (Å²) in [5.41, 5.74) is 6.35. The van der Waals surface area contributed by atoms with Crippen molar-refractivity contribution in [2.45, 2.75) is 12.8 Å². The fraction of sp³-hybridized carbons (Fsp3) is 0.188. The molecule has 0 saturated carbocycles. The summed E-state index contributed by atoms with van der Waals surface area (Å²) in [5.74, 6) is -2.50. The summed E-state index contributed by atoms with van der Waals surface area (Å²) in [6.45, 7) is 0.210. The lowest BCUT2D eigenvalue weighted by molar-refractivity contribution is 0.280. The molecule has 0 atom stereocenters. The third-order valence-corrected chi connectivity index (χ3v) is 3.01. The lowest BCUT2D eigenvalue weighted by atomic mass is 10.1. The molecule has 0 heterocycles. The Labute approximate surface area is 121 Å². The Kier molecular flexibility index (Phi) is 4.87.